The number of ether oxygens (including phenoxy) is 1. The lowest BCUT2D eigenvalue weighted by molar-refractivity contribution is -0.139. The molecule has 4 heteroatoms. The Balaban J connectivity index is 2.50. The smallest absolute Gasteiger partial charge is 0.370 e. The SMILES string of the molecule is CCC1O[C@H](CC)Cc2c1cccc2C(F)(F)F. The molecule has 0 amide bonds. The summed E-state index contributed by atoms with van der Waals surface area (Å²) in [5, 5.41) is 0. The molecule has 0 spiro atoms. The van der Waals surface area contributed by atoms with Crippen molar-refractivity contribution >= 4 is 0 Å². The van der Waals surface area contributed by atoms with Crippen LogP contribution in [0.25, 0.3) is 0 Å². The third-order valence-corrected chi connectivity index (χ3v) is 3.48. The predicted octanol–water partition coefficient (Wildman–Crippen LogP) is 4.51. The molecule has 1 aromatic rings. The largest absolute Gasteiger partial charge is 0.416 e. The number of fused-ring (bicyclic) bond motifs is 1. The van der Waals surface area contributed by atoms with Gasteiger partial charge in [-0.15, -0.1) is 0 Å². The van der Waals surface area contributed by atoms with Crippen LogP contribution < -0.4 is 0 Å². The molecule has 2 atom stereocenters. The fraction of sp³-hybridized carbons (Fsp3) is 0.571. The maximum atomic E-state index is 13.0. The monoisotopic (exact) mass is 258 g/mol. The molecule has 0 saturated heterocycles. The summed E-state index contributed by atoms with van der Waals surface area (Å²) in [4.78, 5) is 0. The normalized spacial score (nSPS) is 23.8. The van der Waals surface area contributed by atoms with E-state index < -0.39 is 11.7 Å². The van der Waals surface area contributed by atoms with Gasteiger partial charge in [0.15, 0.2) is 0 Å². The average Bonchev–Trinajstić information content (AvgIpc) is 2.35. The fourth-order valence-corrected chi connectivity index (χ4v) is 2.54. The van der Waals surface area contributed by atoms with Crippen molar-refractivity contribution in [2.45, 2.75) is 51.5 Å². The highest BCUT2D eigenvalue weighted by atomic mass is 19.4. The van der Waals surface area contributed by atoms with Crippen molar-refractivity contribution in [2.24, 2.45) is 0 Å². The highest BCUT2D eigenvalue weighted by molar-refractivity contribution is 5.40. The Morgan fingerprint density at radius 3 is 2.50 bits per heavy atom. The number of rotatable bonds is 2. The van der Waals surface area contributed by atoms with Gasteiger partial charge in [-0.1, -0.05) is 26.0 Å². The number of halogens is 3. The molecule has 1 aliphatic heterocycles. The quantitative estimate of drug-likeness (QED) is 0.758. The lowest BCUT2D eigenvalue weighted by Crippen LogP contribution is -2.28. The van der Waals surface area contributed by atoms with Crippen molar-refractivity contribution in [3.05, 3.63) is 34.9 Å². The topological polar surface area (TPSA) is 9.23 Å². The Morgan fingerprint density at radius 1 is 1.22 bits per heavy atom. The van der Waals surface area contributed by atoms with Gasteiger partial charge in [-0.2, -0.15) is 13.2 Å². The summed E-state index contributed by atoms with van der Waals surface area (Å²) in [5.41, 5.74) is 0.632. The lowest BCUT2D eigenvalue weighted by atomic mass is 9.88. The van der Waals surface area contributed by atoms with E-state index in [-0.39, 0.29) is 12.2 Å². The number of alkyl halides is 3. The lowest BCUT2D eigenvalue weighted by Gasteiger charge is -2.33. The van der Waals surface area contributed by atoms with Crippen LogP contribution >= 0.6 is 0 Å². The van der Waals surface area contributed by atoms with Crippen molar-refractivity contribution in [1.82, 2.24) is 0 Å². The second-order valence-corrected chi connectivity index (χ2v) is 4.64. The molecule has 1 aromatic carbocycles. The molecule has 0 fully saturated rings. The molecule has 0 radical (unpaired) electrons. The summed E-state index contributed by atoms with van der Waals surface area (Å²) in [7, 11) is 0. The molecule has 18 heavy (non-hydrogen) atoms. The Hall–Kier alpha value is -1.03. The summed E-state index contributed by atoms with van der Waals surface area (Å²) in [5.74, 6) is 0. The average molecular weight is 258 g/mol. The molecule has 2 rings (SSSR count). The molecule has 0 aliphatic carbocycles. The molecular weight excluding hydrogens is 241 g/mol. The van der Waals surface area contributed by atoms with Gasteiger partial charge in [-0.25, -0.2) is 0 Å². The Bertz CT molecular complexity index is 426. The van der Waals surface area contributed by atoms with Gasteiger partial charge in [0.25, 0.3) is 0 Å². The summed E-state index contributed by atoms with van der Waals surface area (Å²) >= 11 is 0. The summed E-state index contributed by atoms with van der Waals surface area (Å²) in [6, 6.07) is 4.40. The fourth-order valence-electron chi connectivity index (χ4n) is 2.54. The van der Waals surface area contributed by atoms with Gasteiger partial charge in [-0.05, 0) is 36.5 Å². The second kappa shape index (κ2) is 4.92. The van der Waals surface area contributed by atoms with Crippen molar-refractivity contribution in [1.29, 1.82) is 0 Å². The van der Waals surface area contributed by atoms with Crippen molar-refractivity contribution in [3.8, 4) is 0 Å². The van der Waals surface area contributed by atoms with Crippen LogP contribution in [-0.4, -0.2) is 6.10 Å². The van der Waals surface area contributed by atoms with E-state index in [2.05, 4.69) is 0 Å². The molecule has 1 aliphatic rings. The summed E-state index contributed by atoms with van der Waals surface area (Å²) in [6.07, 6.45) is -2.79. The number of benzene rings is 1. The van der Waals surface area contributed by atoms with E-state index in [9.17, 15) is 13.2 Å². The first-order chi connectivity index (χ1) is 8.47. The Labute approximate surface area is 105 Å². The van der Waals surface area contributed by atoms with Crippen LogP contribution in [0.2, 0.25) is 0 Å². The first-order valence-corrected chi connectivity index (χ1v) is 6.31. The minimum Gasteiger partial charge on any atom is -0.370 e. The molecule has 1 nitrogen and oxygen atoms in total. The van der Waals surface area contributed by atoms with Crippen LogP contribution in [0, 0.1) is 0 Å². The van der Waals surface area contributed by atoms with Gasteiger partial charge in [-0.3, -0.25) is 0 Å². The minimum atomic E-state index is -4.28. The molecule has 0 bridgehead atoms. The van der Waals surface area contributed by atoms with E-state index in [4.69, 9.17) is 4.74 Å². The first-order valence-electron chi connectivity index (χ1n) is 6.31. The van der Waals surface area contributed by atoms with Gasteiger partial charge in [0, 0.05) is 0 Å². The van der Waals surface area contributed by atoms with Gasteiger partial charge in [0.05, 0.1) is 17.8 Å². The minimum absolute atomic E-state index is 0.106. The van der Waals surface area contributed by atoms with Crippen molar-refractivity contribution in [2.75, 3.05) is 0 Å². The zero-order valence-electron chi connectivity index (χ0n) is 10.6. The Kier molecular flexibility index (Phi) is 3.66. The first kappa shape index (κ1) is 13.4. The zero-order chi connectivity index (χ0) is 13.3. The third-order valence-electron chi connectivity index (χ3n) is 3.48. The molecule has 1 unspecified atom stereocenters. The van der Waals surface area contributed by atoms with Crippen LogP contribution in [0.3, 0.4) is 0 Å². The van der Waals surface area contributed by atoms with Gasteiger partial charge >= 0.3 is 6.18 Å². The maximum Gasteiger partial charge on any atom is 0.416 e. The van der Waals surface area contributed by atoms with E-state index in [0.717, 1.165) is 6.42 Å². The third kappa shape index (κ3) is 2.39. The van der Waals surface area contributed by atoms with Crippen LogP contribution in [0.1, 0.15) is 49.5 Å². The molecular formula is C14H17F3O. The molecule has 0 aromatic heterocycles. The molecule has 0 N–H and O–H groups in total. The van der Waals surface area contributed by atoms with E-state index in [0.29, 0.717) is 24.0 Å². The highest BCUT2D eigenvalue weighted by Gasteiger charge is 2.37. The van der Waals surface area contributed by atoms with E-state index in [1.54, 1.807) is 6.07 Å². The number of hydrogen-bond acceptors (Lipinski definition) is 1. The maximum absolute atomic E-state index is 13.0. The Morgan fingerprint density at radius 2 is 1.94 bits per heavy atom. The summed E-state index contributed by atoms with van der Waals surface area (Å²) < 4.78 is 44.8. The molecule has 1 heterocycles. The highest BCUT2D eigenvalue weighted by Crippen LogP contribution is 2.40. The van der Waals surface area contributed by atoms with Crippen LogP contribution in [0.4, 0.5) is 13.2 Å². The molecule has 0 saturated carbocycles. The summed E-state index contributed by atoms with van der Waals surface area (Å²) in [6.45, 7) is 3.88. The van der Waals surface area contributed by atoms with Gasteiger partial charge in [0.1, 0.15) is 0 Å². The van der Waals surface area contributed by atoms with Crippen molar-refractivity contribution < 1.29 is 17.9 Å². The van der Waals surface area contributed by atoms with Crippen molar-refractivity contribution in [3.63, 3.8) is 0 Å². The van der Waals surface area contributed by atoms with E-state index in [1.807, 2.05) is 13.8 Å². The molecule has 100 valence electrons. The predicted molar refractivity (Wildman–Crippen MR) is 63.3 cm³/mol. The number of hydrogen-bond donors (Lipinski definition) is 0. The zero-order valence-corrected chi connectivity index (χ0v) is 10.6. The standard InChI is InChI=1S/C14H17F3O/c1-3-9-8-11-10(13(4-2)18-9)6-5-7-12(11)14(15,16)17/h5-7,9,13H,3-4,8H2,1-2H3/t9-,13?/m1/s1. The second-order valence-electron chi connectivity index (χ2n) is 4.64. The van der Waals surface area contributed by atoms with E-state index in [1.165, 1.54) is 12.1 Å². The van der Waals surface area contributed by atoms with E-state index >= 15 is 0 Å². The van der Waals surface area contributed by atoms with Crippen LogP contribution in [0.5, 0.6) is 0 Å². The van der Waals surface area contributed by atoms with Gasteiger partial charge in [0.2, 0.25) is 0 Å². The van der Waals surface area contributed by atoms with Crippen LogP contribution in [0.15, 0.2) is 18.2 Å². The van der Waals surface area contributed by atoms with Crippen LogP contribution in [-0.2, 0) is 17.3 Å². The van der Waals surface area contributed by atoms with Gasteiger partial charge < -0.3 is 4.74 Å².